The van der Waals surface area contributed by atoms with Gasteiger partial charge in [0, 0.05) is 36.4 Å². The van der Waals surface area contributed by atoms with Crippen LogP contribution >= 0.6 is 0 Å². The van der Waals surface area contributed by atoms with Gasteiger partial charge >= 0.3 is 11.9 Å². The zero-order chi connectivity index (χ0) is 25.4. The first kappa shape index (κ1) is 25.4. The maximum Gasteiger partial charge on any atom is 0.326 e. The monoisotopic (exact) mass is 480 g/mol. The van der Waals surface area contributed by atoms with Crippen LogP contribution in [0.4, 0.5) is 0 Å². The lowest BCUT2D eigenvalue weighted by atomic mass is 10.0. The molecule has 1 aromatic heterocycles. The van der Waals surface area contributed by atoms with Gasteiger partial charge in [-0.3, -0.25) is 14.4 Å². The van der Waals surface area contributed by atoms with E-state index in [1.54, 1.807) is 36.5 Å². The summed E-state index contributed by atoms with van der Waals surface area (Å²) in [7, 11) is 0. The van der Waals surface area contributed by atoms with E-state index in [9.17, 15) is 24.3 Å². The SMILES string of the molecule is N[C@@H](CCC(=O)O)C(=O)N[C@@H](Cc1ccccc1)C(=O)N[C@@H](Cc1c[nH]c2ccccc12)C(=O)O. The summed E-state index contributed by atoms with van der Waals surface area (Å²) >= 11 is 0. The Labute approximate surface area is 201 Å². The maximum atomic E-state index is 13.1. The van der Waals surface area contributed by atoms with Crippen LogP contribution in [0.1, 0.15) is 24.0 Å². The van der Waals surface area contributed by atoms with Crippen LogP contribution in [0.2, 0.25) is 0 Å². The van der Waals surface area contributed by atoms with Crippen molar-refractivity contribution in [2.75, 3.05) is 0 Å². The van der Waals surface area contributed by atoms with E-state index in [1.807, 2.05) is 24.3 Å². The fourth-order valence-corrected chi connectivity index (χ4v) is 3.74. The number of nitrogens with one attached hydrogen (secondary N) is 3. The van der Waals surface area contributed by atoms with Gasteiger partial charge in [-0.2, -0.15) is 0 Å². The summed E-state index contributed by atoms with van der Waals surface area (Å²) in [4.78, 5) is 51.5. The third-order valence-corrected chi connectivity index (χ3v) is 5.64. The number of aromatic nitrogens is 1. The Morgan fingerprint density at radius 1 is 0.857 bits per heavy atom. The molecule has 2 aromatic carbocycles. The summed E-state index contributed by atoms with van der Waals surface area (Å²) in [6.07, 6.45) is 1.45. The summed E-state index contributed by atoms with van der Waals surface area (Å²) in [5.74, 6) is -3.68. The molecule has 0 saturated heterocycles. The van der Waals surface area contributed by atoms with Gasteiger partial charge in [-0.25, -0.2) is 4.79 Å². The van der Waals surface area contributed by atoms with Crippen LogP contribution in [-0.4, -0.2) is 57.1 Å². The van der Waals surface area contributed by atoms with E-state index in [0.717, 1.165) is 22.0 Å². The molecule has 35 heavy (non-hydrogen) atoms. The number of H-pyrrole nitrogens is 1. The lowest BCUT2D eigenvalue weighted by Crippen LogP contribution is -2.55. The minimum atomic E-state index is -1.24. The van der Waals surface area contributed by atoms with Crippen LogP contribution in [0.15, 0.2) is 60.8 Å². The Hall–Kier alpha value is -4.18. The van der Waals surface area contributed by atoms with Gasteiger partial charge in [-0.15, -0.1) is 0 Å². The van der Waals surface area contributed by atoms with Gasteiger partial charge in [0.25, 0.3) is 0 Å². The Morgan fingerprint density at radius 2 is 1.51 bits per heavy atom. The zero-order valence-electron chi connectivity index (χ0n) is 18.9. The van der Waals surface area contributed by atoms with Gasteiger partial charge in [-0.1, -0.05) is 48.5 Å². The Kier molecular flexibility index (Phi) is 8.58. The average Bonchev–Trinajstić information content (AvgIpc) is 3.25. The highest BCUT2D eigenvalue weighted by atomic mass is 16.4. The van der Waals surface area contributed by atoms with Crippen molar-refractivity contribution in [3.05, 3.63) is 71.9 Å². The average molecular weight is 481 g/mol. The van der Waals surface area contributed by atoms with Crippen molar-refractivity contribution in [3.63, 3.8) is 0 Å². The van der Waals surface area contributed by atoms with Crippen molar-refractivity contribution >= 4 is 34.7 Å². The third kappa shape index (κ3) is 7.15. The Bertz CT molecular complexity index is 1190. The van der Waals surface area contributed by atoms with E-state index in [0.29, 0.717) is 0 Å². The molecule has 10 nitrogen and oxygen atoms in total. The highest BCUT2D eigenvalue weighted by Crippen LogP contribution is 2.19. The number of benzene rings is 2. The van der Waals surface area contributed by atoms with Crippen molar-refractivity contribution < 1.29 is 29.4 Å². The number of carbonyl (C=O) groups is 4. The number of carboxylic acids is 2. The van der Waals surface area contributed by atoms with E-state index >= 15 is 0 Å². The Morgan fingerprint density at radius 3 is 2.20 bits per heavy atom. The molecule has 1 heterocycles. The molecule has 184 valence electrons. The number of aromatic amines is 1. The molecule has 0 radical (unpaired) electrons. The molecule has 0 spiro atoms. The molecular weight excluding hydrogens is 452 g/mol. The molecule has 3 aromatic rings. The predicted molar refractivity (Wildman–Crippen MR) is 128 cm³/mol. The van der Waals surface area contributed by atoms with E-state index in [-0.39, 0.29) is 25.7 Å². The number of fused-ring (bicyclic) bond motifs is 1. The number of rotatable bonds is 12. The minimum Gasteiger partial charge on any atom is -0.481 e. The number of amides is 2. The third-order valence-electron chi connectivity index (χ3n) is 5.64. The summed E-state index contributed by atoms with van der Waals surface area (Å²) in [6.45, 7) is 0. The van der Waals surface area contributed by atoms with Crippen LogP contribution in [-0.2, 0) is 32.0 Å². The number of carbonyl (C=O) groups excluding carboxylic acids is 2. The predicted octanol–water partition coefficient (Wildman–Crippen LogP) is 1.20. The van der Waals surface area contributed by atoms with Crippen molar-refractivity contribution in [1.29, 1.82) is 0 Å². The van der Waals surface area contributed by atoms with E-state index in [4.69, 9.17) is 10.8 Å². The molecule has 0 fully saturated rings. The summed E-state index contributed by atoms with van der Waals surface area (Å²) in [6, 6.07) is 12.9. The molecule has 3 rings (SSSR count). The lowest BCUT2D eigenvalue weighted by Gasteiger charge is -2.23. The summed E-state index contributed by atoms with van der Waals surface area (Å²) < 4.78 is 0. The standard InChI is InChI=1S/C25H28N4O6/c26-18(10-11-22(30)31)23(32)28-20(12-15-6-2-1-3-7-15)24(33)29-21(25(34)35)13-16-14-27-19-9-5-4-8-17(16)19/h1-9,14,18,20-21,27H,10-13,26H2,(H,28,32)(H,29,33)(H,30,31)(H,34,35)/t18-,20-,21-/m0/s1. The van der Waals surface area contributed by atoms with Crippen LogP contribution in [0.25, 0.3) is 10.9 Å². The molecule has 0 aliphatic rings. The molecule has 3 atom stereocenters. The van der Waals surface area contributed by atoms with Gasteiger partial charge in [0.15, 0.2) is 0 Å². The summed E-state index contributed by atoms with van der Waals surface area (Å²) in [5, 5.41) is 24.5. The second-order valence-electron chi connectivity index (χ2n) is 8.25. The first-order valence-corrected chi connectivity index (χ1v) is 11.1. The molecule has 0 bridgehead atoms. The fraction of sp³-hybridized carbons (Fsp3) is 0.280. The molecule has 0 aliphatic heterocycles. The largest absolute Gasteiger partial charge is 0.481 e. The summed E-state index contributed by atoms with van der Waals surface area (Å²) in [5.41, 5.74) is 8.12. The van der Waals surface area contributed by atoms with Gasteiger partial charge in [-0.05, 0) is 23.6 Å². The van der Waals surface area contributed by atoms with E-state index in [2.05, 4.69) is 15.6 Å². The van der Waals surface area contributed by atoms with Crippen molar-refractivity contribution in [1.82, 2.24) is 15.6 Å². The first-order chi connectivity index (χ1) is 16.7. The highest BCUT2D eigenvalue weighted by Gasteiger charge is 2.29. The maximum absolute atomic E-state index is 13.1. The van der Waals surface area contributed by atoms with Crippen LogP contribution < -0.4 is 16.4 Å². The van der Waals surface area contributed by atoms with E-state index in [1.165, 1.54) is 0 Å². The molecular formula is C25H28N4O6. The topological polar surface area (TPSA) is 175 Å². The second kappa shape index (κ2) is 11.8. The van der Waals surface area contributed by atoms with Crippen LogP contribution in [0.5, 0.6) is 0 Å². The quantitative estimate of drug-likeness (QED) is 0.226. The fourth-order valence-electron chi connectivity index (χ4n) is 3.74. The van der Waals surface area contributed by atoms with Gasteiger partial charge in [0.05, 0.1) is 6.04 Å². The van der Waals surface area contributed by atoms with Crippen LogP contribution in [0.3, 0.4) is 0 Å². The second-order valence-corrected chi connectivity index (χ2v) is 8.25. The molecule has 0 aliphatic carbocycles. The van der Waals surface area contributed by atoms with Gasteiger partial charge < -0.3 is 31.6 Å². The van der Waals surface area contributed by atoms with Crippen LogP contribution in [0, 0.1) is 0 Å². The number of nitrogens with two attached hydrogens (primary N) is 1. The van der Waals surface area contributed by atoms with Crippen molar-refractivity contribution in [2.45, 2.75) is 43.8 Å². The van der Waals surface area contributed by atoms with Crippen molar-refractivity contribution in [3.8, 4) is 0 Å². The molecule has 2 amide bonds. The van der Waals surface area contributed by atoms with Crippen molar-refractivity contribution in [2.24, 2.45) is 5.73 Å². The van der Waals surface area contributed by atoms with E-state index < -0.39 is 41.9 Å². The molecule has 0 unspecified atom stereocenters. The number of hydrogen-bond acceptors (Lipinski definition) is 5. The smallest absolute Gasteiger partial charge is 0.326 e. The number of aliphatic carboxylic acids is 2. The number of para-hydroxylation sites is 1. The molecule has 0 saturated carbocycles. The number of hydrogen-bond donors (Lipinski definition) is 6. The lowest BCUT2D eigenvalue weighted by molar-refractivity contribution is -0.142. The number of carboxylic acid groups (broad SMARTS) is 2. The Balaban J connectivity index is 1.75. The minimum absolute atomic E-state index is 0.0369. The van der Waals surface area contributed by atoms with Gasteiger partial charge in [0.2, 0.25) is 11.8 Å². The zero-order valence-corrected chi connectivity index (χ0v) is 18.9. The molecule has 10 heteroatoms. The highest BCUT2D eigenvalue weighted by molar-refractivity contribution is 5.92. The normalized spacial score (nSPS) is 13.5. The van der Waals surface area contributed by atoms with Gasteiger partial charge in [0.1, 0.15) is 12.1 Å². The molecule has 7 N–H and O–H groups in total. The first-order valence-electron chi connectivity index (χ1n) is 11.1.